The molecule has 1 rings (SSSR count). The molecule has 0 fully saturated rings. The molecule has 0 aliphatic rings. The second-order valence-electron chi connectivity index (χ2n) is 3.42. The summed E-state index contributed by atoms with van der Waals surface area (Å²) in [5.41, 5.74) is 0.790. The topological polar surface area (TPSA) is 68.5 Å². The van der Waals surface area contributed by atoms with Gasteiger partial charge >= 0.3 is 10.8 Å². The average Bonchev–Trinajstić information content (AvgIpc) is 2.49. The number of carbonyl (C=O) groups is 1. The van der Waals surface area contributed by atoms with E-state index in [0.717, 1.165) is 17.0 Å². The highest BCUT2D eigenvalue weighted by Gasteiger charge is 2.14. The van der Waals surface area contributed by atoms with Crippen LogP contribution in [0.1, 0.15) is 19.0 Å². The van der Waals surface area contributed by atoms with E-state index in [9.17, 15) is 14.7 Å². The highest BCUT2D eigenvalue weighted by Crippen LogP contribution is 2.03. The van der Waals surface area contributed by atoms with Crippen molar-refractivity contribution in [2.45, 2.75) is 32.9 Å². The lowest BCUT2D eigenvalue weighted by molar-refractivity contribution is -0.145. The van der Waals surface area contributed by atoms with Crippen molar-refractivity contribution in [2.75, 3.05) is 6.61 Å². The Morgan fingerprint density at radius 1 is 1.69 bits per heavy atom. The molecule has 0 spiro atoms. The molecule has 0 radical (unpaired) electrons. The molecule has 6 heteroatoms. The van der Waals surface area contributed by atoms with Crippen molar-refractivity contribution < 1.29 is 14.6 Å². The van der Waals surface area contributed by atoms with E-state index in [-0.39, 0.29) is 17.8 Å². The fourth-order valence-corrected chi connectivity index (χ4v) is 2.06. The third kappa shape index (κ3) is 3.46. The van der Waals surface area contributed by atoms with Crippen LogP contribution in [0.25, 0.3) is 0 Å². The van der Waals surface area contributed by atoms with Gasteiger partial charge in [-0.15, -0.1) is 0 Å². The maximum absolute atomic E-state index is 11.3. The molecule has 1 atom stereocenters. The summed E-state index contributed by atoms with van der Waals surface area (Å²) < 4.78 is 6.16. The fraction of sp³-hybridized carbons (Fsp3) is 0.600. The van der Waals surface area contributed by atoms with Gasteiger partial charge in [0.2, 0.25) is 0 Å². The van der Waals surface area contributed by atoms with Crippen molar-refractivity contribution in [3.8, 4) is 0 Å². The molecule has 0 amide bonds. The zero-order valence-corrected chi connectivity index (χ0v) is 10.1. The van der Waals surface area contributed by atoms with Crippen LogP contribution in [0.5, 0.6) is 0 Å². The predicted molar refractivity (Wildman–Crippen MR) is 60.6 cm³/mol. The van der Waals surface area contributed by atoms with Crippen LogP contribution in [0.15, 0.2) is 10.2 Å². The van der Waals surface area contributed by atoms with Gasteiger partial charge < -0.3 is 14.4 Å². The van der Waals surface area contributed by atoms with Crippen molar-refractivity contribution in [1.29, 1.82) is 0 Å². The van der Waals surface area contributed by atoms with Crippen LogP contribution in [0, 0.1) is 6.92 Å². The molecule has 90 valence electrons. The molecule has 1 N–H and O–H groups in total. The molecule has 0 bridgehead atoms. The van der Waals surface area contributed by atoms with Crippen LogP contribution in [-0.2, 0) is 16.1 Å². The first-order valence-corrected chi connectivity index (χ1v) is 5.91. The standard InChI is InChI=1S/C10H15NO4S/c1-3-15-9(13)4-8(12)5-11-7(2)6-16-10(11)14/h6,8,12H,3-5H2,1-2H3. The van der Waals surface area contributed by atoms with Crippen molar-refractivity contribution >= 4 is 17.3 Å². The molecule has 1 unspecified atom stereocenters. The average molecular weight is 245 g/mol. The number of aromatic nitrogens is 1. The SMILES string of the molecule is CCOC(=O)CC(O)Cn1c(C)csc1=O. The summed E-state index contributed by atoms with van der Waals surface area (Å²) >= 11 is 1.08. The second kappa shape index (κ2) is 5.81. The number of carbonyl (C=O) groups excluding carboxylic acids is 1. The molecule has 0 saturated heterocycles. The van der Waals surface area contributed by atoms with E-state index in [1.165, 1.54) is 4.57 Å². The van der Waals surface area contributed by atoms with E-state index in [0.29, 0.717) is 6.61 Å². The Labute approximate surface area is 97.3 Å². The van der Waals surface area contributed by atoms with Crippen LogP contribution >= 0.6 is 11.3 Å². The molecular weight excluding hydrogens is 230 g/mol. The number of aryl methyl sites for hydroxylation is 1. The predicted octanol–water partition coefficient (Wildman–Crippen LogP) is 0.532. The minimum Gasteiger partial charge on any atom is -0.466 e. The Kier molecular flexibility index (Phi) is 4.70. The number of rotatable bonds is 5. The first-order chi connectivity index (χ1) is 7.54. The molecule has 0 aliphatic carbocycles. The summed E-state index contributed by atoms with van der Waals surface area (Å²) in [5, 5.41) is 11.3. The van der Waals surface area contributed by atoms with Crippen molar-refractivity contribution in [3.05, 3.63) is 20.7 Å². The highest BCUT2D eigenvalue weighted by atomic mass is 32.1. The second-order valence-corrected chi connectivity index (χ2v) is 4.24. The van der Waals surface area contributed by atoms with Crippen LogP contribution in [0.3, 0.4) is 0 Å². The quantitative estimate of drug-likeness (QED) is 0.768. The number of esters is 1. The molecule has 0 aliphatic heterocycles. The number of aliphatic hydroxyl groups is 1. The molecule has 0 saturated carbocycles. The number of hydrogen-bond acceptors (Lipinski definition) is 5. The van der Waals surface area contributed by atoms with Gasteiger partial charge in [0.05, 0.1) is 25.7 Å². The first-order valence-electron chi connectivity index (χ1n) is 5.03. The minimum atomic E-state index is -0.884. The summed E-state index contributed by atoms with van der Waals surface area (Å²) in [4.78, 5) is 22.3. The lowest BCUT2D eigenvalue weighted by atomic mass is 10.2. The normalized spacial score (nSPS) is 12.4. The van der Waals surface area contributed by atoms with Gasteiger partial charge in [-0.3, -0.25) is 9.59 Å². The molecule has 0 aromatic carbocycles. The first kappa shape index (κ1) is 12.9. The van der Waals surface area contributed by atoms with E-state index in [1.807, 2.05) is 0 Å². The molecule has 1 aromatic rings. The van der Waals surface area contributed by atoms with E-state index < -0.39 is 12.1 Å². The number of thiazole rings is 1. The summed E-state index contributed by atoms with van der Waals surface area (Å²) in [5.74, 6) is -0.448. The minimum absolute atomic E-state index is 0.0877. The van der Waals surface area contributed by atoms with Crippen LogP contribution in [0.2, 0.25) is 0 Å². The van der Waals surface area contributed by atoms with Gasteiger partial charge in [-0.1, -0.05) is 11.3 Å². The van der Waals surface area contributed by atoms with E-state index in [4.69, 9.17) is 4.74 Å². The van der Waals surface area contributed by atoms with Gasteiger partial charge in [-0.25, -0.2) is 0 Å². The number of aliphatic hydroxyl groups excluding tert-OH is 1. The number of nitrogens with zero attached hydrogens (tertiary/aromatic N) is 1. The van der Waals surface area contributed by atoms with Crippen LogP contribution in [-0.4, -0.2) is 28.4 Å². The van der Waals surface area contributed by atoms with E-state index in [1.54, 1.807) is 19.2 Å². The van der Waals surface area contributed by atoms with Gasteiger partial charge in [0.15, 0.2) is 0 Å². The monoisotopic (exact) mass is 245 g/mol. The maximum atomic E-state index is 11.3. The Bertz CT molecular complexity index is 409. The number of ether oxygens (including phenoxy) is 1. The van der Waals surface area contributed by atoms with E-state index >= 15 is 0 Å². The van der Waals surface area contributed by atoms with Crippen molar-refractivity contribution in [3.63, 3.8) is 0 Å². The molecular formula is C10H15NO4S. The van der Waals surface area contributed by atoms with E-state index in [2.05, 4.69) is 0 Å². The van der Waals surface area contributed by atoms with Crippen molar-refractivity contribution in [2.24, 2.45) is 0 Å². The maximum Gasteiger partial charge on any atom is 0.308 e. The Hall–Kier alpha value is -1.14. The summed E-state index contributed by atoms with van der Waals surface area (Å²) in [6, 6.07) is 0. The zero-order valence-electron chi connectivity index (χ0n) is 9.30. The van der Waals surface area contributed by atoms with Gasteiger partial charge in [-0.05, 0) is 13.8 Å². The van der Waals surface area contributed by atoms with Crippen LogP contribution < -0.4 is 4.87 Å². The summed E-state index contributed by atoms with van der Waals surface area (Å²) in [7, 11) is 0. The highest BCUT2D eigenvalue weighted by molar-refractivity contribution is 7.07. The molecule has 16 heavy (non-hydrogen) atoms. The number of hydrogen-bond donors (Lipinski definition) is 1. The molecule has 5 nitrogen and oxygen atoms in total. The third-order valence-electron chi connectivity index (χ3n) is 2.08. The summed E-state index contributed by atoms with van der Waals surface area (Å²) in [6.07, 6.45) is -0.972. The van der Waals surface area contributed by atoms with Gasteiger partial charge in [-0.2, -0.15) is 0 Å². The Morgan fingerprint density at radius 3 is 2.88 bits per heavy atom. The smallest absolute Gasteiger partial charge is 0.308 e. The van der Waals surface area contributed by atoms with Gasteiger partial charge in [0, 0.05) is 11.1 Å². The summed E-state index contributed by atoms with van der Waals surface area (Å²) in [6.45, 7) is 3.92. The van der Waals surface area contributed by atoms with Crippen LogP contribution in [0.4, 0.5) is 0 Å². The lowest BCUT2D eigenvalue weighted by Gasteiger charge is -2.11. The Balaban J connectivity index is 2.55. The van der Waals surface area contributed by atoms with Gasteiger partial charge in [0.25, 0.3) is 0 Å². The third-order valence-corrected chi connectivity index (χ3v) is 2.96. The Morgan fingerprint density at radius 2 is 2.38 bits per heavy atom. The molecule has 1 aromatic heterocycles. The molecule has 1 heterocycles. The zero-order chi connectivity index (χ0) is 12.1. The lowest BCUT2D eigenvalue weighted by Crippen LogP contribution is -2.26. The van der Waals surface area contributed by atoms with Gasteiger partial charge in [0.1, 0.15) is 0 Å². The largest absolute Gasteiger partial charge is 0.466 e. The fourth-order valence-electron chi connectivity index (χ4n) is 1.31. The van der Waals surface area contributed by atoms with Crippen molar-refractivity contribution in [1.82, 2.24) is 4.57 Å².